The van der Waals surface area contributed by atoms with Gasteiger partial charge in [0.15, 0.2) is 10.7 Å². The van der Waals surface area contributed by atoms with Crippen molar-refractivity contribution in [2.45, 2.75) is 6.92 Å². The van der Waals surface area contributed by atoms with Crippen molar-refractivity contribution in [1.29, 1.82) is 0 Å². The van der Waals surface area contributed by atoms with Gasteiger partial charge in [0.25, 0.3) is 0 Å². The van der Waals surface area contributed by atoms with Crippen molar-refractivity contribution in [3.8, 4) is 0 Å². The minimum absolute atomic E-state index is 0.0595. The van der Waals surface area contributed by atoms with Crippen molar-refractivity contribution < 1.29 is 13.9 Å². The lowest BCUT2D eigenvalue weighted by Gasteiger charge is -2.00. The third-order valence-electron chi connectivity index (χ3n) is 1.72. The van der Waals surface area contributed by atoms with Crippen LogP contribution in [0.1, 0.15) is 17.5 Å². The van der Waals surface area contributed by atoms with E-state index in [0.29, 0.717) is 11.1 Å². The Morgan fingerprint density at radius 2 is 2.40 bits per heavy atom. The van der Waals surface area contributed by atoms with Gasteiger partial charge in [0.2, 0.25) is 5.82 Å². The molecule has 2 rings (SSSR count). The van der Waals surface area contributed by atoms with Gasteiger partial charge in [-0.05, 0) is 6.92 Å². The Bertz CT molecular complexity index is 509. The van der Waals surface area contributed by atoms with Gasteiger partial charge < -0.3 is 9.15 Å². The Balaban J connectivity index is 2.49. The second-order valence-corrected chi connectivity index (χ2v) is 3.05. The molecule has 0 aliphatic heterocycles. The van der Waals surface area contributed by atoms with Crippen molar-refractivity contribution in [2.24, 2.45) is 0 Å². The number of rotatable bonds is 2. The third-order valence-corrected chi connectivity index (χ3v) is 1.98. The zero-order chi connectivity index (χ0) is 10.8. The average Bonchev–Trinajstić information content (AvgIpc) is 2.66. The van der Waals surface area contributed by atoms with E-state index < -0.39 is 5.97 Å². The summed E-state index contributed by atoms with van der Waals surface area (Å²) in [6.45, 7) is 1.97. The summed E-state index contributed by atoms with van der Waals surface area (Å²) in [5.41, 5.74) is 0.850. The fraction of sp³-hybridized carbons (Fsp3) is 0.222. The Kier molecular flexibility index (Phi) is 2.55. The molecule has 0 atom stereocenters. The minimum Gasteiger partial charge on any atom is -0.460 e. The fourth-order valence-corrected chi connectivity index (χ4v) is 1.34. The van der Waals surface area contributed by atoms with Gasteiger partial charge >= 0.3 is 5.97 Å². The van der Waals surface area contributed by atoms with E-state index in [-0.39, 0.29) is 17.6 Å². The van der Waals surface area contributed by atoms with Crippen LogP contribution in [-0.4, -0.2) is 22.5 Å². The molecule has 0 aliphatic rings. The first-order valence-corrected chi connectivity index (χ1v) is 4.68. The number of nitrogens with zero attached hydrogens (tertiary/aromatic N) is 2. The van der Waals surface area contributed by atoms with Crippen LogP contribution in [0, 0.1) is 0 Å². The van der Waals surface area contributed by atoms with Crippen LogP contribution in [0.2, 0.25) is 5.15 Å². The summed E-state index contributed by atoms with van der Waals surface area (Å²) < 4.78 is 9.79. The summed E-state index contributed by atoms with van der Waals surface area (Å²) in [7, 11) is 0. The molecular formula is C9H7ClN2O3. The molecule has 0 aromatic carbocycles. The van der Waals surface area contributed by atoms with E-state index in [1.54, 1.807) is 13.0 Å². The molecule has 0 saturated carbocycles. The zero-order valence-electron chi connectivity index (χ0n) is 7.86. The summed E-state index contributed by atoms with van der Waals surface area (Å²) in [4.78, 5) is 19.1. The van der Waals surface area contributed by atoms with Crippen LogP contribution in [0.5, 0.6) is 0 Å². The Morgan fingerprint density at radius 3 is 3.13 bits per heavy atom. The van der Waals surface area contributed by atoms with Crippen molar-refractivity contribution >= 4 is 28.7 Å². The molecule has 15 heavy (non-hydrogen) atoms. The van der Waals surface area contributed by atoms with Gasteiger partial charge in [0.1, 0.15) is 5.52 Å². The maximum absolute atomic E-state index is 11.3. The highest BCUT2D eigenvalue weighted by Crippen LogP contribution is 2.20. The number of esters is 1. The molecule has 0 radical (unpaired) electrons. The number of hydrogen-bond acceptors (Lipinski definition) is 5. The SMILES string of the molecule is CCOC(=O)c1nc(Cl)c2occc2n1. The Labute approximate surface area is 90.0 Å². The van der Waals surface area contributed by atoms with Gasteiger partial charge in [-0.1, -0.05) is 11.6 Å². The van der Waals surface area contributed by atoms with Crippen LogP contribution < -0.4 is 0 Å². The number of aromatic nitrogens is 2. The molecule has 0 bridgehead atoms. The van der Waals surface area contributed by atoms with Crippen LogP contribution in [0.15, 0.2) is 16.7 Å². The summed E-state index contributed by atoms with van der Waals surface area (Å²) in [5.74, 6) is -0.654. The summed E-state index contributed by atoms with van der Waals surface area (Å²) >= 11 is 5.80. The van der Waals surface area contributed by atoms with E-state index >= 15 is 0 Å². The van der Waals surface area contributed by atoms with Gasteiger partial charge in [-0.15, -0.1) is 0 Å². The summed E-state index contributed by atoms with van der Waals surface area (Å²) in [6.07, 6.45) is 1.43. The molecule has 2 heterocycles. The lowest BCUT2D eigenvalue weighted by atomic mass is 10.4. The van der Waals surface area contributed by atoms with Crippen LogP contribution in [0.25, 0.3) is 11.1 Å². The van der Waals surface area contributed by atoms with Crippen molar-refractivity contribution in [3.05, 3.63) is 23.3 Å². The highest BCUT2D eigenvalue weighted by Gasteiger charge is 2.15. The van der Waals surface area contributed by atoms with Crippen LogP contribution in [0.4, 0.5) is 0 Å². The Morgan fingerprint density at radius 1 is 1.60 bits per heavy atom. The molecule has 5 nitrogen and oxygen atoms in total. The van der Waals surface area contributed by atoms with Crippen molar-refractivity contribution in [1.82, 2.24) is 9.97 Å². The van der Waals surface area contributed by atoms with Gasteiger partial charge in [-0.3, -0.25) is 0 Å². The van der Waals surface area contributed by atoms with Crippen molar-refractivity contribution in [2.75, 3.05) is 6.61 Å². The first-order valence-electron chi connectivity index (χ1n) is 4.30. The normalized spacial score (nSPS) is 10.5. The number of hydrogen-bond donors (Lipinski definition) is 0. The lowest BCUT2D eigenvalue weighted by molar-refractivity contribution is 0.0512. The first kappa shape index (κ1) is 9.92. The molecule has 6 heteroatoms. The largest absolute Gasteiger partial charge is 0.460 e. The molecule has 0 aliphatic carbocycles. The van der Waals surface area contributed by atoms with Crippen molar-refractivity contribution in [3.63, 3.8) is 0 Å². The first-order chi connectivity index (χ1) is 7.22. The zero-order valence-corrected chi connectivity index (χ0v) is 8.61. The molecule has 78 valence electrons. The number of carbonyl (C=O) groups is 1. The van der Waals surface area contributed by atoms with Crippen LogP contribution in [-0.2, 0) is 4.74 Å². The molecule has 0 N–H and O–H groups in total. The van der Waals surface area contributed by atoms with E-state index in [1.165, 1.54) is 6.26 Å². The molecule has 0 unspecified atom stereocenters. The predicted octanol–water partition coefficient (Wildman–Crippen LogP) is 2.05. The smallest absolute Gasteiger partial charge is 0.376 e. The fourth-order valence-electron chi connectivity index (χ4n) is 1.11. The quantitative estimate of drug-likeness (QED) is 0.579. The van der Waals surface area contributed by atoms with Gasteiger partial charge in [-0.2, -0.15) is 0 Å². The lowest BCUT2D eigenvalue weighted by Crippen LogP contribution is -2.09. The number of carbonyl (C=O) groups excluding carboxylic acids is 1. The molecule has 2 aromatic heterocycles. The molecule has 2 aromatic rings. The van der Waals surface area contributed by atoms with E-state index in [2.05, 4.69) is 9.97 Å². The van der Waals surface area contributed by atoms with Crippen LogP contribution >= 0.6 is 11.6 Å². The minimum atomic E-state index is -0.595. The number of ether oxygens (including phenoxy) is 1. The number of furan rings is 1. The molecule has 0 fully saturated rings. The molecule has 0 amide bonds. The molecule has 0 spiro atoms. The summed E-state index contributed by atoms with van der Waals surface area (Å²) in [6, 6.07) is 1.60. The standard InChI is InChI=1S/C9H7ClN2O3/c1-2-14-9(13)8-11-5-3-4-15-6(5)7(10)12-8/h3-4H,2H2,1H3. The maximum Gasteiger partial charge on any atom is 0.376 e. The summed E-state index contributed by atoms with van der Waals surface area (Å²) in [5, 5.41) is 0.105. The second-order valence-electron chi connectivity index (χ2n) is 2.69. The predicted molar refractivity (Wildman–Crippen MR) is 52.8 cm³/mol. The van der Waals surface area contributed by atoms with Gasteiger partial charge in [-0.25, -0.2) is 14.8 Å². The van der Waals surface area contributed by atoms with Gasteiger partial charge in [0.05, 0.1) is 12.9 Å². The van der Waals surface area contributed by atoms with E-state index in [0.717, 1.165) is 0 Å². The highest BCUT2D eigenvalue weighted by atomic mass is 35.5. The second kappa shape index (κ2) is 3.86. The van der Waals surface area contributed by atoms with Gasteiger partial charge in [0, 0.05) is 6.07 Å². The number of halogens is 1. The van der Waals surface area contributed by atoms with E-state index in [9.17, 15) is 4.79 Å². The van der Waals surface area contributed by atoms with E-state index in [4.69, 9.17) is 20.8 Å². The molecular weight excluding hydrogens is 220 g/mol. The monoisotopic (exact) mass is 226 g/mol. The Hall–Kier alpha value is -1.62. The highest BCUT2D eigenvalue weighted by molar-refractivity contribution is 6.33. The van der Waals surface area contributed by atoms with E-state index in [1.807, 2.05) is 0 Å². The maximum atomic E-state index is 11.3. The number of fused-ring (bicyclic) bond motifs is 1. The molecule has 0 saturated heterocycles. The van der Waals surface area contributed by atoms with Crippen LogP contribution in [0.3, 0.4) is 0 Å². The average molecular weight is 227 g/mol. The third kappa shape index (κ3) is 1.78. The topological polar surface area (TPSA) is 65.2 Å².